The van der Waals surface area contributed by atoms with Crippen LogP contribution in [0.2, 0.25) is 0 Å². The van der Waals surface area contributed by atoms with Crippen LogP contribution in [0.25, 0.3) is 0 Å². The van der Waals surface area contributed by atoms with Gasteiger partial charge in [0, 0.05) is 38.7 Å². The lowest BCUT2D eigenvalue weighted by Gasteiger charge is -2.19. The Morgan fingerprint density at radius 3 is 2.66 bits per heavy atom. The molecule has 10 nitrogen and oxygen atoms in total. The number of carbonyl (C=O) groups excluding carboxylic acids is 3. The molecular weight excluding hydrogens is 434 g/mol. The van der Waals surface area contributed by atoms with Gasteiger partial charge in [-0.1, -0.05) is 18.9 Å². The lowest BCUT2D eigenvalue weighted by Crippen LogP contribution is -2.44. The highest BCUT2D eigenvalue weighted by Gasteiger charge is 2.52. The summed E-state index contributed by atoms with van der Waals surface area (Å²) in [5, 5.41) is 5.42. The number of nitrogens with one attached hydrogen (secondary N) is 2. The van der Waals surface area contributed by atoms with Crippen molar-refractivity contribution < 1.29 is 22.8 Å². The zero-order valence-corrected chi connectivity index (χ0v) is 18.8. The molecule has 172 valence electrons. The molecule has 2 N–H and O–H groups in total. The van der Waals surface area contributed by atoms with Crippen molar-refractivity contribution in [3.05, 3.63) is 24.3 Å². The number of imide groups is 1. The number of urea groups is 1. The maximum Gasteiger partial charge on any atom is 0.325 e. The topological polar surface area (TPSA) is 128 Å². The molecule has 2 heterocycles. The number of nitrogens with zero attached hydrogens (tertiary/aromatic N) is 3. The van der Waals surface area contributed by atoms with Crippen molar-refractivity contribution in [3.8, 4) is 0 Å². The molecule has 1 aliphatic carbocycles. The molecule has 0 atom stereocenters. The predicted octanol–water partition coefficient (Wildman–Crippen LogP) is 1.69. The van der Waals surface area contributed by atoms with Crippen LogP contribution in [0.1, 0.15) is 44.9 Å². The Labute approximate surface area is 187 Å². The Bertz CT molecular complexity index is 1080. The Morgan fingerprint density at radius 2 is 1.97 bits per heavy atom. The van der Waals surface area contributed by atoms with Gasteiger partial charge in [0.1, 0.15) is 11.4 Å². The van der Waals surface area contributed by atoms with Crippen LogP contribution >= 0.6 is 0 Å². The summed E-state index contributed by atoms with van der Waals surface area (Å²) in [7, 11) is -2.10. The van der Waals surface area contributed by atoms with Crippen molar-refractivity contribution in [1.29, 1.82) is 0 Å². The fourth-order valence-corrected chi connectivity index (χ4v) is 5.61. The lowest BCUT2D eigenvalue weighted by molar-refractivity contribution is -0.131. The standard InChI is InChI=1S/C21H27N5O5S/c1-25-12-5-8-17(25)24-32(30,31)16-7-4-6-15(14-16)22-18(27)9-13-26-19(28)21(23-20(26)29)10-2-3-11-21/h4,6-7,14H,2-3,5,8-13H2,1H3,(H,22,27)(H,23,29)/b24-17+. The molecule has 3 fully saturated rings. The van der Waals surface area contributed by atoms with Gasteiger partial charge in [0.2, 0.25) is 5.91 Å². The van der Waals surface area contributed by atoms with Gasteiger partial charge < -0.3 is 15.5 Å². The van der Waals surface area contributed by atoms with Gasteiger partial charge in [0.25, 0.3) is 15.9 Å². The zero-order valence-electron chi connectivity index (χ0n) is 18.0. The molecule has 0 aromatic heterocycles. The van der Waals surface area contributed by atoms with E-state index in [9.17, 15) is 22.8 Å². The maximum atomic E-state index is 12.7. The van der Waals surface area contributed by atoms with Crippen LogP contribution in [0.3, 0.4) is 0 Å². The molecule has 11 heteroatoms. The van der Waals surface area contributed by atoms with E-state index in [0.717, 1.165) is 30.7 Å². The van der Waals surface area contributed by atoms with Crippen LogP contribution < -0.4 is 10.6 Å². The van der Waals surface area contributed by atoms with E-state index in [1.54, 1.807) is 13.1 Å². The summed E-state index contributed by atoms with van der Waals surface area (Å²) >= 11 is 0. The van der Waals surface area contributed by atoms with E-state index in [1.807, 2.05) is 4.90 Å². The SMILES string of the molecule is CN1CCC/C1=N\S(=O)(=O)c1cccc(NC(=O)CCN2C(=O)NC3(CCCC3)C2=O)c1. The summed E-state index contributed by atoms with van der Waals surface area (Å²) in [6.07, 6.45) is 4.42. The first-order valence-electron chi connectivity index (χ1n) is 10.8. The Morgan fingerprint density at radius 1 is 1.22 bits per heavy atom. The first-order valence-corrected chi connectivity index (χ1v) is 12.2. The summed E-state index contributed by atoms with van der Waals surface area (Å²) in [6, 6.07) is 5.43. The molecule has 0 unspecified atom stereocenters. The number of carbonyl (C=O) groups is 3. The predicted molar refractivity (Wildman–Crippen MR) is 118 cm³/mol. The minimum atomic E-state index is -3.90. The van der Waals surface area contributed by atoms with Gasteiger partial charge in [-0.05, 0) is 37.5 Å². The van der Waals surface area contributed by atoms with Gasteiger partial charge in [-0.15, -0.1) is 4.40 Å². The third kappa shape index (κ3) is 4.34. The Balaban J connectivity index is 1.38. The van der Waals surface area contributed by atoms with E-state index < -0.39 is 27.5 Å². The molecular formula is C21H27N5O5S. The Kier molecular flexibility index (Phi) is 5.93. The number of amides is 4. The van der Waals surface area contributed by atoms with Crippen LogP contribution in [0, 0.1) is 0 Å². The van der Waals surface area contributed by atoms with Crippen molar-refractivity contribution in [1.82, 2.24) is 15.1 Å². The number of hydrogen-bond acceptors (Lipinski definition) is 5. The minimum Gasteiger partial charge on any atom is -0.362 e. The highest BCUT2D eigenvalue weighted by Crippen LogP contribution is 2.35. The third-order valence-electron chi connectivity index (χ3n) is 6.24. The molecule has 0 bridgehead atoms. The number of benzene rings is 1. The van der Waals surface area contributed by atoms with Crippen LogP contribution in [0.4, 0.5) is 10.5 Å². The number of amidine groups is 1. The van der Waals surface area contributed by atoms with Crippen LogP contribution in [-0.4, -0.2) is 67.6 Å². The van der Waals surface area contributed by atoms with Crippen molar-refractivity contribution in [3.63, 3.8) is 0 Å². The quantitative estimate of drug-likeness (QED) is 0.621. The average molecular weight is 462 g/mol. The second-order valence-electron chi connectivity index (χ2n) is 8.51. The molecule has 4 amide bonds. The summed E-state index contributed by atoms with van der Waals surface area (Å²) < 4.78 is 29.2. The van der Waals surface area contributed by atoms with Gasteiger partial charge >= 0.3 is 6.03 Å². The second-order valence-corrected chi connectivity index (χ2v) is 10.1. The fourth-order valence-electron chi connectivity index (χ4n) is 4.47. The summed E-state index contributed by atoms with van der Waals surface area (Å²) in [6.45, 7) is 0.735. The fraction of sp³-hybridized carbons (Fsp3) is 0.524. The lowest BCUT2D eigenvalue weighted by atomic mass is 9.98. The first kappa shape index (κ1) is 22.3. The Hall–Kier alpha value is -2.95. The van der Waals surface area contributed by atoms with E-state index in [2.05, 4.69) is 15.0 Å². The van der Waals surface area contributed by atoms with E-state index in [-0.39, 0.29) is 23.8 Å². The van der Waals surface area contributed by atoms with E-state index in [0.29, 0.717) is 30.8 Å². The van der Waals surface area contributed by atoms with E-state index >= 15 is 0 Å². The van der Waals surface area contributed by atoms with Crippen LogP contribution in [0.15, 0.2) is 33.6 Å². The van der Waals surface area contributed by atoms with Crippen molar-refractivity contribution in [2.75, 3.05) is 25.5 Å². The monoisotopic (exact) mass is 461 g/mol. The molecule has 3 aliphatic rings. The van der Waals surface area contributed by atoms with E-state index in [4.69, 9.17) is 0 Å². The third-order valence-corrected chi connectivity index (χ3v) is 7.54. The molecule has 0 radical (unpaired) electrons. The normalized spacial score (nSPS) is 21.6. The zero-order chi connectivity index (χ0) is 22.9. The number of hydrogen-bond donors (Lipinski definition) is 2. The van der Waals surface area contributed by atoms with Gasteiger partial charge in [0.15, 0.2) is 0 Å². The largest absolute Gasteiger partial charge is 0.362 e. The van der Waals surface area contributed by atoms with Crippen LogP contribution in [-0.2, 0) is 19.6 Å². The molecule has 1 aromatic rings. The highest BCUT2D eigenvalue weighted by atomic mass is 32.2. The minimum absolute atomic E-state index is 0.0135. The first-order chi connectivity index (χ1) is 15.2. The molecule has 1 aromatic carbocycles. The number of likely N-dealkylation sites (tertiary alicyclic amines) is 1. The molecule has 4 rings (SSSR count). The molecule has 2 aliphatic heterocycles. The number of rotatable bonds is 6. The van der Waals surface area contributed by atoms with Gasteiger partial charge in [-0.3, -0.25) is 14.5 Å². The van der Waals surface area contributed by atoms with Gasteiger partial charge in [-0.25, -0.2) is 4.79 Å². The number of sulfonamides is 1. The highest BCUT2D eigenvalue weighted by molar-refractivity contribution is 7.90. The smallest absolute Gasteiger partial charge is 0.325 e. The van der Waals surface area contributed by atoms with E-state index in [1.165, 1.54) is 18.2 Å². The maximum absolute atomic E-state index is 12.7. The summed E-state index contributed by atoms with van der Waals surface area (Å²) in [5.41, 5.74) is -0.494. The second kappa shape index (κ2) is 8.53. The van der Waals surface area contributed by atoms with Crippen LogP contribution in [0.5, 0.6) is 0 Å². The summed E-state index contributed by atoms with van der Waals surface area (Å²) in [5.74, 6) is -0.167. The molecule has 32 heavy (non-hydrogen) atoms. The van der Waals surface area contributed by atoms with Crippen molar-refractivity contribution in [2.24, 2.45) is 4.40 Å². The average Bonchev–Trinajstić information content (AvgIpc) is 3.43. The molecule has 1 spiro atoms. The van der Waals surface area contributed by atoms with Crippen molar-refractivity contribution >= 4 is 39.4 Å². The summed E-state index contributed by atoms with van der Waals surface area (Å²) in [4.78, 5) is 40.2. The van der Waals surface area contributed by atoms with Gasteiger partial charge in [-0.2, -0.15) is 8.42 Å². The molecule has 2 saturated heterocycles. The van der Waals surface area contributed by atoms with Gasteiger partial charge in [0.05, 0.1) is 4.90 Å². The number of anilines is 1. The van der Waals surface area contributed by atoms with Crippen molar-refractivity contribution in [2.45, 2.75) is 55.4 Å². The molecule has 1 saturated carbocycles.